The van der Waals surface area contributed by atoms with E-state index >= 15 is 0 Å². The molecule has 3 aromatic heterocycles. The molecule has 0 radical (unpaired) electrons. The van der Waals surface area contributed by atoms with Gasteiger partial charge in [0.2, 0.25) is 0 Å². The fourth-order valence-electron chi connectivity index (χ4n) is 3.50. The second-order valence-electron chi connectivity index (χ2n) is 6.94. The molecule has 1 saturated heterocycles. The molecule has 0 spiro atoms. The third kappa shape index (κ3) is 3.41. The van der Waals surface area contributed by atoms with E-state index in [1.165, 1.54) is 16.9 Å². The van der Waals surface area contributed by atoms with Crippen molar-refractivity contribution in [2.75, 3.05) is 13.1 Å². The maximum Gasteiger partial charge on any atom is 0.281 e. The number of pyridine rings is 1. The number of hydrogen-bond acceptors (Lipinski definition) is 7. The van der Waals surface area contributed by atoms with Crippen LogP contribution in [-0.2, 0) is 6.54 Å². The van der Waals surface area contributed by atoms with Gasteiger partial charge >= 0.3 is 0 Å². The minimum absolute atomic E-state index is 0.347. The zero-order valence-electron chi connectivity index (χ0n) is 14.8. The molecule has 1 aromatic carbocycles. The first kappa shape index (κ1) is 16.7. The molecule has 0 saturated carbocycles. The number of piperidine rings is 1. The molecule has 138 valence electrons. The first-order chi connectivity index (χ1) is 13.2. The van der Waals surface area contributed by atoms with E-state index in [0.29, 0.717) is 22.6 Å². The first-order valence-electron chi connectivity index (χ1n) is 9.12. The quantitative estimate of drug-likeness (QED) is 0.573. The van der Waals surface area contributed by atoms with Crippen LogP contribution in [-0.4, -0.2) is 34.0 Å². The molecule has 6 nitrogen and oxygen atoms in total. The molecule has 1 aliphatic heterocycles. The number of fused-ring (bicyclic) bond motifs is 2. The van der Waals surface area contributed by atoms with Gasteiger partial charge in [-0.1, -0.05) is 11.3 Å². The van der Waals surface area contributed by atoms with Crippen molar-refractivity contribution in [3.63, 3.8) is 0 Å². The summed E-state index contributed by atoms with van der Waals surface area (Å²) >= 11 is 1.48. The highest BCUT2D eigenvalue weighted by Gasteiger charge is 2.18. The smallest absolute Gasteiger partial charge is 0.281 e. The van der Waals surface area contributed by atoms with E-state index in [2.05, 4.69) is 20.9 Å². The van der Waals surface area contributed by atoms with Crippen LogP contribution in [0.2, 0.25) is 0 Å². The summed E-state index contributed by atoms with van der Waals surface area (Å²) in [6.07, 6.45) is 5.71. The van der Waals surface area contributed by atoms with Crippen LogP contribution in [0.4, 0.5) is 0 Å². The van der Waals surface area contributed by atoms with Crippen molar-refractivity contribution < 1.29 is 9.15 Å². The molecule has 0 bridgehead atoms. The lowest BCUT2D eigenvalue weighted by Gasteiger charge is -2.29. The van der Waals surface area contributed by atoms with Gasteiger partial charge in [0.15, 0.2) is 5.65 Å². The monoisotopic (exact) mass is 380 g/mol. The number of benzene rings is 1. The standard InChI is InChI=1S/C20H20N4O2S/c21-14-5-8-24(9-6-14)11-13-12-25-17-10-15(3-4-16(13)17)26-20-23-19-18(27-20)2-1-7-22-19/h1-4,7,10,12,14H,5-6,8-9,11,21H2. The SMILES string of the molecule is NC1CCN(Cc2coc3cc(Oc4nc5ncccc5s4)ccc23)CC1. The highest BCUT2D eigenvalue weighted by Crippen LogP contribution is 2.33. The zero-order valence-corrected chi connectivity index (χ0v) is 15.6. The fraction of sp³-hybridized carbons (Fsp3) is 0.300. The van der Waals surface area contributed by atoms with Crippen LogP contribution >= 0.6 is 11.3 Å². The van der Waals surface area contributed by atoms with Crippen molar-refractivity contribution in [1.29, 1.82) is 0 Å². The average Bonchev–Trinajstić information content (AvgIpc) is 3.27. The number of nitrogens with zero attached hydrogens (tertiary/aromatic N) is 3. The first-order valence-corrected chi connectivity index (χ1v) is 9.94. The predicted molar refractivity (Wildman–Crippen MR) is 106 cm³/mol. The number of hydrogen-bond donors (Lipinski definition) is 1. The number of rotatable bonds is 4. The van der Waals surface area contributed by atoms with Gasteiger partial charge in [-0.15, -0.1) is 0 Å². The van der Waals surface area contributed by atoms with E-state index in [0.717, 1.165) is 48.1 Å². The summed E-state index contributed by atoms with van der Waals surface area (Å²) in [5, 5.41) is 1.71. The van der Waals surface area contributed by atoms with E-state index in [4.69, 9.17) is 14.9 Å². The van der Waals surface area contributed by atoms with Crippen LogP contribution in [0, 0.1) is 0 Å². The van der Waals surface area contributed by atoms with Crippen molar-refractivity contribution in [3.05, 3.63) is 48.4 Å². The molecule has 27 heavy (non-hydrogen) atoms. The zero-order chi connectivity index (χ0) is 18.2. The summed E-state index contributed by atoms with van der Waals surface area (Å²) in [6.45, 7) is 2.98. The highest BCUT2D eigenvalue weighted by molar-refractivity contribution is 7.20. The van der Waals surface area contributed by atoms with Gasteiger partial charge in [0.1, 0.15) is 11.3 Å². The second-order valence-corrected chi connectivity index (χ2v) is 7.93. The number of ether oxygens (including phenoxy) is 1. The Balaban J connectivity index is 1.35. The van der Waals surface area contributed by atoms with Crippen LogP contribution in [0.1, 0.15) is 18.4 Å². The van der Waals surface area contributed by atoms with Gasteiger partial charge in [0.25, 0.3) is 5.19 Å². The summed E-state index contributed by atoms with van der Waals surface area (Å²) in [4.78, 5) is 11.1. The largest absolute Gasteiger partial charge is 0.464 e. The minimum Gasteiger partial charge on any atom is -0.464 e. The number of aromatic nitrogens is 2. The number of thiazole rings is 1. The molecule has 2 N–H and O–H groups in total. The Kier molecular flexibility index (Phi) is 4.27. The Morgan fingerprint density at radius 2 is 2.15 bits per heavy atom. The van der Waals surface area contributed by atoms with Gasteiger partial charge in [-0.25, -0.2) is 4.98 Å². The normalized spacial score (nSPS) is 16.3. The third-order valence-corrected chi connectivity index (χ3v) is 5.89. The van der Waals surface area contributed by atoms with Gasteiger partial charge in [0.05, 0.1) is 11.0 Å². The maximum absolute atomic E-state index is 6.00. The van der Waals surface area contributed by atoms with E-state index in [-0.39, 0.29) is 0 Å². The van der Waals surface area contributed by atoms with Crippen LogP contribution in [0.15, 0.2) is 47.2 Å². The summed E-state index contributed by atoms with van der Waals surface area (Å²) in [7, 11) is 0. The summed E-state index contributed by atoms with van der Waals surface area (Å²) in [5.41, 5.74) is 8.74. The van der Waals surface area contributed by atoms with E-state index in [1.54, 1.807) is 6.20 Å². The van der Waals surface area contributed by atoms with Crippen molar-refractivity contribution >= 4 is 32.7 Å². The van der Waals surface area contributed by atoms with Crippen LogP contribution < -0.4 is 10.5 Å². The number of furan rings is 1. The topological polar surface area (TPSA) is 77.4 Å². The van der Waals surface area contributed by atoms with Gasteiger partial charge in [-0.05, 0) is 50.2 Å². The van der Waals surface area contributed by atoms with Crippen molar-refractivity contribution in [2.45, 2.75) is 25.4 Å². The molecule has 0 amide bonds. The molecule has 4 heterocycles. The molecule has 0 aliphatic carbocycles. The molecule has 5 rings (SSSR count). The molecule has 0 atom stereocenters. The van der Waals surface area contributed by atoms with Crippen LogP contribution in [0.3, 0.4) is 0 Å². The van der Waals surface area contributed by atoms with Gasteiger partial charge in [-0.3, -0.25) is 4.90 Å². The molecular weight excluding hydrogens is 360 g/mol. The second kappa shape index (κ2) is 6.92. The maximum atomic E-state index is 6.00. The average molecular weight is 380 g/mol. The van der Waals surface area contributed by atoms with Crippen LogP contribution in [0.25, 0.3) is 21.3 Å². The Morgan fingerprint density at radius 3 is 3.00 bits per heavy atom. The lowest BCUT2D eigenvalue weighted by Crippen LogP contribution is -2.39. The van der Waals surface area contributed by atoms with Gasteiger partial charge in [0, 0.05) is 35.8 Å². The van der Waals surface area contributed by atoms with Gasteiger partial charge in [-0.2, -0.15) is 4.98 Å². The Morgan fingerprint density at radius 1 is 1.26 bits per heavy atom. The molecule has 0 unspecified atom stereocenters. The van der Waals surface area contributed by atoms with Crippen molar-refractivity contribution in [3.8, 4) is 10.9 Å². The molecule has 1 aliphatic rings. The predicted octanol–water partition coefficient (Wildman–Crippen LogP) is 4.15. The number of likely N-dealkylation sites (tertiary alicyclic amines) is 1. The Hall–Kier alpha value is -2.48. The van der Waals surface area contributed by atoms with Crippen molar-refractivity contribution in [2.24, 2.45) is 5.73 Å². The lowest BCUT2D eigenvalue weighted by atomic mass is 10.1. The molecular formula is C20H20N4O2S. The highest BCUT2D eigenvalue weighted by atomic mass is 32.1. The summed E-state index contributed by atoms with van der Waals surface area (Å²) < 4.78 is 12.7. The van der Waals surface area contributed by atoms with Crippen molar-refractivity contribution in [1.82, 2.24) is 14.9 Å². The Bertz CT molecular complexity index is 1050. The molecule has 1 fully saturated rings. The Labute approximate surface area is 160 Å². The summed E-state index contributed by atoms with van der Waals surface area (Å²) in [6, 6.07) is 10.2. The van der Waals surface area contributed by atoms with E-state index in [9.17, 15) is 0 Å². The lowest BCUT2D eigenvalue weighted by molar-refractivity contribution is 0.206. The number of nitrogens with two attached hydrogens (primary N) is 1. The summed E-state index contributed by atoms with van der Waals surface area (Å²) in [5.74, 6) is 0.714. The molecule has 7 heteroatoms. The third-order valence-electron chi connectivity index (χ3n) is 5.00. The van der Waals surface area contributed by atoms with Crippen LogP contribution in [0.5, 0.6) is 10.9 Å². The van der Waals surface area contributed by atoms with E-state index in [1.807, 2.05) is 30.5 Å². The molecule has 4 aromatic rings. The van der Waals surface area contributed by atoms with Gasteiger partial charge < -0.3 is 14.9 Å². The van der Waals surface area contributed by atoms with E-state index < -0.39 is 0 Å². The fourth-order valence-corrected chi connectivity index (χ4v) is 4.29. The minimum atomic E-state index is 0.347.